The van der Waals surface area contributed by atoms with Crippen molar-refractivity contribution in [2.75, 3.05) is 6.54 Å². The smallest absolute Gasteiger partial charge is 0.254 e. The largest absolute Gasteiger partial charge is 0.345 e. The quantitative estimate of drug-likeness (QED) is 0.516. The van der Waals surface area contributed by atoms with E-state index in [1.165, 1.54) is 11.1 Å². The predicted octanol–water partition coefficient (Wildman–Crippen LogP) is 3.60. The van der Waals surface area contributed by atoms with Gasteiger partial charge in [-0.25, -0.2) is 9.67 Å². The van der Waals surface area contributed by atoms with Crippen LogP contribution >= 0.6 is 0 Å². The first kappa shape index (κ1) is 18.5. The van der Waals surface area contributed by atoms with Crippen molar-refractivity contribution in [3.63, 3.8) is 0 Å². The van der Waals surface area contributed by atoms with E-state index in [0.717, 1.165) is 41.5 Å². The number of nitrogens with one attached hydrogen (secondary N) is 1. The number of aromatic nitrogens is 5. The first-order valence-corrected chi connectivity index (χ1v) is 10.9. The fourth-order valence-electron chi connectivity index (χ4n) is 5.92. The summed E-state index contributed by atoms with van der Waals surface area (Å²) in [4.78, 5) is 23.2. The molecule has 1 aliphatic heterocycles. The first-order chi connectivity index (χ1) is 14.8. The first-order valence-electron chi connectivity index (χ1n) is 10.9. The van der Waals surface area contributed by atoms with Crippen LogP contribution in [0.25, 0.3) is 22.1 Å². The summed E-state index contributed by atoms with van der Waals surface area (Å²) in [6, 6.07) is 10.3. The van der Waals surface area contributed by atoms with Gasteiger partial charge in [-0.2, -0.15) is 0 Å². The highest BCUT2D eigenvalue weighted by Crippen LogP contribution is 2.56. The lowest BCUT2D eigenvalue weighted by Crippen LogP contribution is -2.64. The van der Waals surface area contributed by atoms with Crippen LogP contribution in [0.2, 0.25) is 0 Å². The molecule has 0 unspecified atom stereocenters. The van der Waals surface area contributed by atoms with Gasteiger partial charge in [0.2, 0.25) is 0 Å². The minimum absolute atomic E-state index is 0.0267. The highest BCUT2D eigenvalue weighted by molar-refractivity contribution is 5.97. The Bertz CT molecular complexity index is 1370. The zero-order valence-electron chi connectivity index (χ0n) is 18.3. The van der Waals surface area contributed by atoms with Crippen molar-refractivity contribution < 1.29 is 4.79 Å². The summed E-state index contributed by atoms with van der Waals surface area (Å²) < 4.78 is 1.83. The lowest BCUT2D eigenvalue weighted by atomic mass is 9.51. The molecular weight excluding hydrogens is 388 g/mol. The van der Waals surface area contributed by atoms with Crippen LogP contribution in [0, 0.1) is 5.41 Å². The van der Waals surface area contributed by atoms with Crippen LogP contribution in [0.3, 0.4) is 0 Å². The molecule has 158 valence electrons. The molecule has 2 atom stereocenters. The number of aromatic amines is 1. The average molecular weight is 415 g/mol. The van der Waals surface area contributed by atoms with Gasteiger partial charge in [-0.3, -0.25) is 4.79 Å². The van der Waals surface area contributed by atoms with Crippen LogP contribution < -0.4 is 0 Å². The van der Waals surface area contributed by atoms with Crippen molar-refractivity contribution in [2.24, 2.45) is 12.5 Å². The lowest BCUT2D eigenvalue weighted by molar-refractivity contribution is -0.0261. The fraction of sp³-hybridized carbons (Fsp3) is 0.417. The maximum absolute atomic E-state index is 13.7. The van der Waals surface area contributed by atoms with E-state index >= 15 is 0 Å². The number of rotatable bonds is 1. The number of piperidine rings is 1. The maximum atomic E-state index is 13.7. The van der Waals surface area contributed by atoms with Crippen molar-refractivity contribution in [2.45, 2.75) is 45.1 Å². The number of hydrogen-bond acceptors (Lipinski definition) is 4. The third-order valence-corrected chi connectivity index (χ3v) is 8.26. The van der Waals surface area contributed by atoms with E-state index in [-0.39, 0.29) is 22.8 Å². The topological polar surface area (TPSA) is 79.7 Å². The molecule has 2 bridgehead atoms. The third kappa shape index (κ3) is 2.34. The van der Waals surface area contributed by atoms with E-state index in [2.05, 4.69) is 58.1 Å². The lowest BCUT2D eigenvalue weighted by Gasteiger charge is -2.60. The summed E-state index contributed by atoms with van der Waals surface area (Å²) in [5.74, 6) is 0.100. The molecule has 2 aliphatic rings. The van der Waals surface area contributed by atoms with Crippen LogP contribution in [0.4, 0.5) is 0 Å². The minimum Gasteiger partial charge on any atom is -0.345 e. The Kier molecular flexibility index (Phi) is 3.55. The van der Waals surface area contributed by atoms with Crippen molar-refractivity contribution in [3.05, 3.63) is 53.3 Å². The molecule has 1 N–H and O–H groups in total. The summed E-state index contributed by atoms with van der Waals surface area (Å²) in [5, 5.41) is 8.56. The van der Waals surface area contributed by atoms with Gasteiger partial charge < -0.3 is 9.88 Å². The predicted molar refractivity (Wildman–Crippen MR) is 119 cm³/mol. The summed E-state index contributed by atoms with van der Waals surface area (Å²) in [7, 11) is 1.93. The van der Waals surface area contributed by atoms with E-state index in [0.29, 0.717) is 5.56 Å². The molecule has 1 saturated heterocycles. The Morgan fingerprint density at radius 3 is 2.84 bits per heavy atom. The van der Waals surface area contributed by atoms with Gasteiger partial charge >= 0.3 is 0 Å². The van der Waals surface area contributed by atoms with Gasteiger partial charge in [0.05, 0.1) is 22.9 Å². The molecule has 1 fully saturated rings. The zero-order chi connectivity index (χ0) is 21.5. The van der Waals surface area contributed by atoms with Crippen LogP contribution in [0.1, 0.15) is 48.7 Å². The van der Waals surface area contributed by atoms with Gasteiger partial charge in [-0.15, -0.1) is 5.10 Å². The number of benzene rings is 2. The number of nitrogens with zero attached hydrogens (tertiary/aromatic N) is 5. The SMILES string of the molecule is Cn1nnc2cc3c(cc21)C[C@H]1N(C(=O)c2ccc4nc[nH]c4c2)CC[C@]3(C)C1(C)C. The number of likely N-dealkylation sites (tertiary alicyclic amines) is 1. The number of hydrogen-bond donors (Lipinski definition) is 1. The number of amides is 1. The number of carbonyl (C=O) groups is 1. The molecule has 7 heteroatoms. The van der Waals surface area contributed by atoms with E-state index in [1.807, 2.05) is 29.9 Å². The molecule has 31 heavy (non-hydrogen) atoms. The number of aryl methyl sites for hydroxylation is 1. The molecule has 2 aromatic carbocycles. The molecular formula is C24H26N6O. The Balaban J connectivity index is 1.45. The minimum atomic E-state index is -0.0676. The molecule has 6 rings (SSSR count). The summed E-state index contributed by atoms with van der Waals surface area (Å²) >= 11 is 0. The second-order valence-corrected chi connectivity index (χ2v) is 9.87. The van der Waals surface area contributed by atoms with Gasteiger partial charge in [0.25, 0.3) is 5.91 Å². The second-order valence-electron chi connectivity index (χ2n) is 9.87. The number of carbonyl (C=O) groups excluding carboxylic acids is 1. The summed E-state index contributed by atoms with van der Waals surface area (Å²) in [6.07, 6.45) is 3.44. The highest BCUT2D eigenvalue weighted by Gasteiger charge is 2.57. The van der Waals surface area contributed by atoms with Gasteiger partial charge in [0, 0.05) is 30.6 Å². The molecule has 0 radical (unpaired) electrons. The third-order valence-electron chi connectivity index (χ3n) is 8.26. The van der Waals surface area contributed by atoms with Gasteiger partial charge in [0.15, 0.2) is 0 Å². The molecule has 7 nitrogen and oxygen atoms in total. The monoisotopic (exact) mass is 414 g/mol. The molecule has 2 aromatic heterocycles. The van der Waals surface area contributed by atoms with Crippen LogP contribution in [0.5, 0.6) is 0 Å². The van der Waals surface area contributed by atoms with Crippen LogP contribution in [-0.4, -0.2) is 48.4 Å². The number of H-pyrrole nitrogens is 1. The van der Waals surface area contributed by atoms with Gasteiger partial charge in [-0.05, 0) is 59.7 Å². The van der Waals surface area contributed by atoms with Crippen molar-refractivity contribution in [1.29, 1.82) is 0 Å². The van der Waals surface area contributed by atoms with Gasteiger partial charge in [0.1, 0.15) is 5.52 Å². The maximum Gasteiger partial charge on any atom is 0.254 e. The summed E-state index contributed by atoms with van der Waals surface area (Å²) in [6.45, 7) is 7.75. The van der Waals surface area contributed by atoms with E-state index in [9.17, 15) is 4.79 Å². The summed E-state index contributed by atoms with van der Waals surface area (Å²) in [5.41, 5.74) is 7.07. The molecule has 4 aromatic rings. The molecule has 0 saturated carbocycles. The Labute approximate surface area is 180 Å². The average Bonchev–Trinajstić information content (AvgIpc) is 3.35. The van der Waals surface area contributed by atoms with Gasteiger partial charge in [-0.1, -0.05) is 26.0 Å². The van der Waals surface area contributed by atoms with E-state index in [1.54, 1.807) is 6.33 Å². The number of imidazole rings is 1. The molecule has 1 amide bonds. The number of fused-ring (bicyclic) bond motifs is 6. The van der Waals surface area contributed by atoms with Crippen LogP contribution in [0.15, 0.2) is 36.7 Å². The van der Waals surface area contributed by atoms with Crippen molar-refractivity contribution in [1.82, 2.24) is 29.9 Å². The fourth-order valence-corrected chi connectivity index (χ4v) is 5.92. The Hall–Kier alpha value is -3.22. The van der Waals surface area contributed by atoms with E-state index < -0.39 is 0 Å². The Morgan fingerprint density at radius 2 is 2.00 bits per heavy atom. The second kappa shape index (κ2) is 5.93. The molecule has 0 spiro atoms. The molecule has 3 heterocycles. The molecule has 1 aliphatic carbocycles. The van der Waals surface area contributed by atoms with Crippen molar-refractivity contribution >= 4 is 28.0 Å². The zero-order valence-corrected chi connectivity index (χ0v) is 18.3. The highest BCUT2D eigenvalue weighted by atomic mass is 16.2. The Morgan fingerprint density at radius 1 is 1.16 bits per heavy atom. The van der Waals surface area contributed by atoms with E-state index in [4.69, 9.17) is 0 Å². The van der Waals surface area contributed by atoms with Crippen LogP contribution in [-0.2, 0) is 18.9 Å². The normalized spacial score (nSPS) is 24.5. The van der Waals surface area contributed by atoms with Crippen molar-refractivity contribution in [3.8, 4) is 0 Å². The standard InChI is InChI=1S/C24H26N6O/c1-23(2)21-11-15-10-20-19(27-28-29(20)4)12-16(15)24(23,3)7-8-30(21)22(31)14-5-6-17-18(9-14)26-13-25-17/h5-6,9-10,12-13,21H,7-8,11H2,1-4H3,(H,25,26)/t21-,24+/m1/s1.